The summed E-state index contributed by atoms with van der Waals surface area (Å²) in [4.78, 5) is 11.6. The molecule has 0 aromatic heterocycles. The Labute approximate surface area is 89.0 Å². The normalized spacial score (nSPS) is 14.6. The average Bonchev–Trinajstić information content (AvgIpc) is 2.27. The fraction of sp³-hybridized carbons (Fsp3) is 0.417. The molecule has 0 saturated heterocycles. The van der Waals surface area contributed by atoms with E-state index < -0.39 is 0 Å². The van der Waals surface area contributed by atoms with Crippen LogP contribution >= 0.6 is 0 Å². The first-order chi connectivity index (χ1) is 7.31. The zero-order chi connectivity index (χ0) is 10.7. The van der Waals surface area contributed by atoms with Gasteiger partial charge in [0.2, 0.25) is 0 Å². The van der Waals surface area contributed by atoms with Gasteiger partial charge in [-0.25, -0.2) is 0 Å². The summed E-state index contributed by atoms with van der Waals surface area (Å²) in [5.41, 5.74) is 1.84. The minimum atomic E-state index is 0.176. The van der Waals surface area contributed by atoms with E-state index in [9.17, 15) is 4.79 Å². The Hall–Kier alpha value is -1.35. The molecule has 80 valence electrons. The highest BCUT2D eigenvalue weighted by molar-refractivity contribution is 5.99. The van der Waals surface area contributed by atoms with Gasteiger partial charge in [0.1, 0.15) is 5.75 Å². The number of benzene rings is 1. The lowest BCUT2D eigenvalue weighted by molar-refractivity contribution is 0.0933. The molecule has 1 aromatic carbocycles. The van der Waals surface area contributed by atoms with Crippen molar-refractivity contribution in [2.45, 2.75) is 12.8 Å². The van der Waals surface area contributed by atoms with Crippen LogP contribution in [0.15, 0.2) is 18.2 Å². The molecule has 0 bridgehead atoms. The number of hydrogen-bond acceptors (Lipinski definition) is 3. The molecule has 3 nitrogen and oxygen atoms in total. The SMILES string of the molecule is COCCc1ccc2c(c1)C(=O)CCO2. The molecular weight excluding hydrogens is 192 g/mol. The van der Waals surface area contributed by atoms with E-state index >= 15 is 0 Å². The maximum absolute atomic E-state index is 11.6. The van der Waals surface area contributed by atoms with Gasteiger partial charge in [-0.1, -0.05) is 6.07 Å². The molecule has 0 unspecified atom stereocenters. The zero-order valence-electron chi connectivity index (χ0n) is 8.79. The average molecular weight is 206 g/mol. The lowest BCUT2D eigenvalue weighted by Crippen LogP contribution is -2.15. The molecule has 0 fully saturated rings. The minimum Gasteiger partial charge on any atom is -0.492 e. The number of fused-ring (bicyclic) bond motifs is 1. The summed E-state index contributed by atoms with van der Waals surface area (Å²) in [6.45, 7) is 1.18. The van der Waals surface area contributed by atoms with Gasteiger partial charge in [-0.2, -0.15) is 0 Å². The smallest absolute Gasteiger partial charge is 0.170 e. The van der Waals surface area contributed by atoms with Crippen molar-refractivity contribution in [3.8, 4) is 5.75 Å². The Morgan fingerprint density at radius 1 is 1.47 bits per heavy atom. The van der Waals surface area contributed by atoms with Gasteiger partial charge in [0.25, 0.3) is 0 Å². The summed E-state index contributed by atoms with van der Waals surface area (Å²) in [5, 5.41) is 0. The van der Waals surface area contributed by atoms with Crippen molar-refractivity contribution < 1.29 is 14.3 Å². The van der Waals surface area contributed by atoms with E-state index in [0.29, 0.717) is 25.4 Å². The van der Waals surface area contributed by atoms with Crippen molar-refractivity contribution in [3.05, 3.63) is 29.3 Å². The Morgan fingerprint density at radius 3 is 3.13 bits per heavy atom. The third kappa shape index (κ3) is 2.18. The van der Waals surface area contributed by atoms with Gasteiger partial charge in [0, 0.05) is 13.5 Å². The molecule has 0 aliphatic carbocycles. The van der Waals surface area contributed by atoms with Crippen molar-refractivity contribution in [1.82, 2.24) is 0 Å². The van der Waals surface area contributed by atoms with E-state index in [2.05, 4.69) is 0 Å². The number of ether oxygens (including phenoxy) is 2. The van der Waals surface area contributed by atoms with Crippen LogP contribution in [0.2, 0.25) is 0 Å². The quantitative estimate of drug-likeness (QED) is 0.757. The summed E-state index contributed by atoms with van der Waals surface area (Å²) in [6, 6.07) is 5.77. The van der Waals surface area contributed by atoms with Gasteiger partial charge in [-0.05, 0) is 24.1 Å². The van der Waals surface area contributed by atoms with Crippen molar-refractivity contribution in [1.29, 1.82) is 0 Å². The third-order valence-corrected chi connectivity index (χ3v) is 2.53. The number of ketones is 1. The molecule has 1 heterocycles. The third-order valence-electron chi connectivity index (χ3n) is 2.53. The van der Waals surface area contributed by atoms with Crippen LogP contribution in [0.4, 0.5) is 0 Å². The Kier molecular flexibility index (Phi) is 3.02. The number of methoxy groups -OCH3 is 1. The number of carbonyl (C=O) groups excluding carboxylic acids is 1. The van der Waals surface area contributed by atoms with Crippen LogP contribution in [0.25, 0.3) is 0 Å². The first-order valence-electron chi connectivity index (χ1n) is 5.09. The summed E-state index contributed by atoms with van der Waals surface area (Å²) < 4.78 is 10.4. The minimum absolute atomic E-state index is 0.176. The lowest BCUT2D eigenvalue weighted by atomic mass is 10.0. The second kappa shape index (κ2) is 4.45. The summed E-state index contributed by atoms with van der Waals surface area (Å²) in [6.07, 6.45) is 1.32. The van der Waals surface area contributed by atoms with Crippen molar-refractivity contribution in [2.75, 3.05) is 20.3 Å². The number of rotatable bonds is 3. The molecule has 0 spiro atoms. The highest BCUT2D eigenvalue weighted by atomic mass is 16.5. The molecule has 0 saturated carbocycles. The molecule has 3 heteroatoms. The van der Waals surface area contributed by atoms with Crippen LogP contribution < -0.4 is 4.74 Å². The Morgan fingerprint density at radius 2 is 2.33 bits per heavy atom. The van der Waals surface area contributed by atoms with E-state index in [1.165, 1.54) is 0 Å². The van der Waals surface area contributed by atoms with Gasteiger partial charge in [0.05, 0.1) is 18.8 Å². The van der Waals surface area contributed by atoms with E-state index in [1.54, 1.807) is 7.11 Å². The predicted molar refractivity (Wildman–Crippen MR) is 56.5 cm³/mol. The summed E-state index contributed by atoms with van der Waals surface area (Å²) in [5.74, 6) is 0.892. The summed E-state index contributed by atoms with van der Waals surface area (Å²) in [7, 11) is 1.67. The molecular formula is C12H14O3. The van der Waals surface area contributed by atoms with E-state index in [4.69, 9.17) is 9.47 Å². The monoisotopic (exact) mass is 206 g/mol. The number of Topliss-reactive ketones (excluding diaryl/α,β-unsaturated/α-hetero) is 1. The van der Waals surface area contributed by atoms with Crippen molar-refractivity contribution in [3.63, 3.8) is 0 Å². The largest absolute Gasteiger partial charge is 0.492 e. The van der Waals surface area contributed by atoms with Gasteiger partial charge < -0.3 is 9.47 Å². The highest BCUT2D eigenvalue weighted by Crippen LogP contribution is 2.25. The lowest BCUT2D eigenvalue weighted by Gasteiger charge is -2.16. The zero-order valence-corrected chi connectivity index (χ0v) is 8.79. The summed E-state index contributed by atoms with van der Waals surface area (Å²) >= 11 is 0. The van der Waals surface area contributed by atoms with Crippen molar-refractivity contribution >= 4 is 5.78 Å². The highest BCUT2D eigenvalue weighted by Gasteiger charge is 2.18. The van der Waals surface area contributed by atoms with Gasteiger partial charge in [0.15, 0.2) is 5.78 Å². The molecule has 1 aliphatic heterocycles. The van der Waals surface area contributed by atoms with Gasteiger partial charge >= 0.3 is 0 Å². The Balaban J connectivity index is 2.23. The number of carbonyl (C=O) groups is 1. The first-order valence-corrected chi connectivity index (χ1v) is 5.09. The van der Waals surface area contributed by atoms with Crippen LogP contribution in [0, 0.1) is 0 Å². The maximum atomic E-state index is 11.6. The predicted octanol–water partition coefficient (Wildman–Crippen LogP) is 1.84. The van der Waals surface area contributed by atoms with Crippen LogP contribution in [-0.4, -0.2) is 26.1 Å². The standard InChI is InChI=1S/C12H14O3/c1-14-6-4-9-2-3-12-10(8-9)11(13)5-7-15-12/h2-3,8H,4-7H2,1H3. The molecule has 0 atom stereocenters. The van der Waals surface area contributed by atoms with Crippen LogP contribution in [0.1, 0.15) is 22.3 Å². The fourth-order valence-electron chi connectivity index (χ4n) is 1.68. The van der Waals surface area contributed by atoms with E-state index in [-0.39, 0.29) is 5.78 Å². The van der Waals surface area contributed by atoms with Gasteiger partial charge in [-0.15, -0.1) is 0 Å². The maximum Gasteiger partial charge on any atom is 0.170 e. The molecule has 0 amide bonds. The van der Waals surface area contributed by atoms with Crippen LogP contribution in [-0.2, 0) is 11.2 Å². The van der Waals surface area contributed by atoms with E-state index in [1.807, 2.05) is 18.2 Å². The second-order valence-electron chi connectivity index (χ2n) is 3.59. The van der Waals surface area contributed by atoms with Crippen LogP contribution in [0.3, 0.4) is 0 Å². The molecule has 15 heavy (non-hydrogen) atoms. The van der Waals surface area contributed by atoms with Crippen molar-refractivity contribution in [2.24, 2.45) is 0 Å². The topological polar surface area (TPSA) is 35.5 Å². The molecule has 1 aliphatic rings. The first kappa shape index (κ1) is 10.2. The van der Waals surface area contributed by atoms with Crippen LogP contribution in [0.5, 0.6) is 5.75 Å². The molecule has 0 N–H and O–H groups in total. The molecule has 2 rings (SSSR count). The van der Waals surface area contributed by atoms with Gasteiger partial charge in [-0.3, -0.25) is 4.79 Å². The molecule has 1 aromatic rings. The Bertz CT molecular complexity index is 371. The molecule has 0 radical (unpaired) electrons. The number of hydrogen-bond donors (Lipinski definition) is 0. The van der Waals surface area contributed by atoms with E-state index in [0.717, 1.165) is 17.5 Å². The second-order valence-corrected chi connectivity index (χ2v) is 3.59. The fourth-order valence-corrected chi connectivity index (χ4v) is 1.68.